The predicted octanol–water partition coefficient (Wildman–Crippen LogP) is 1.78. The van der Waals surface area contributed by atoms with Gasteiger partial charge in [-0.3, -0.25) is 19.7 Å². The highest BCUT2D eigenvalue weighted by molar-refractivity contribution is 5.96. The van der Waals surface area contributed by atoms with Gasteiger partial charge in [0.15, 0.2) is 0 Å². The van der Waals surface area contributed by atoms with Gasteiger partial charge in [0.05, 0.1) is 23.2 Å². The Morgan fingerprint density at radius 2 is 1.96 bits per heavy atom. The Morgan fingerprint density at radius 3 is 2.68 bits per heavy atom. The third-order valence-corrected chi connectivity index (χ3v) is 3.22. The van der Waals surface area contributed by atoms with Gasteiger partial charge in [0.1, 0.15) is 0 Å². The molecule has 0 aromatic heterocycles. The number of hydrogen-bond acceptors (Lipinski definition) is 5. The molecular formula is C17H16N4O4. The van der Waals surface area contributed by atoms with Crippen LogP contribution in [0.5, 0.6) is 0 Å². The fourth-order valence-corrected chi connectivity index (χ4v) is 2.03. The Bertz CT molecular complexity index is 833. The Kier molecular flexibility index (Phi) is 5.94. The molecule has 2 amide bonds. The number of para-hydroxylation sites is 1. The number of nitro groups is 1. The minimum Gasteiger partial charge on any atom is -0.343 e. The molecule has 0 saturated heterocycles. The Hall–Kier alpha value is -3.55. The molecule has 0 atom stereocenters. The maximum Gasteiger partial charge on any atom is 0.278 e. The number of amides is 2. The minimum absolute atomic E-state index is 0.117. The second-order valence-corrected chi connectivity index (χ2v) is 5.16. The maximum absolute atomic E-state index is 11.9. The van der Waals surface area contributed by atoms with Crippen molar-refractivity contribution in [3.63, 3.8) is 0 Å². The van der Waals surface area contributed by atoms with Crippen LogP contribution in [-0.2, 0) is 4.79 Å². The lowest BCUT2D eigenvalue weighted by Crippen LogP contribution is -2.34. The Labute approximate surface area is 143 Å². The quantitative estimate of drug-likeness (QED) is 0.474. The zero-order chi connectivity index (χ0) is 18.2. The number of aryl methyl sites for hydroxylation is 1. The molecule has 128 valence electrons. The molecule has 0 aliphatic rings. The summed E-state index contributed by atoms with van der Waals surface area (Å²) >= 11 is 0. The van der Waals surface area contributed by atoms with Crippen molar-refractivity contribution >= 4 is 23.7 Å². The average molecular weight is 340 g/mol. The van der Waals surface area contributed by atoms with Crippen LogP contribution in [0.2, 0.25) is 0 Å². The van der Waals surface area contributed by atoms with Crippen LogP contribution in [0, 0.1) is 17.0 Å². The molecule has 2 aromatic rings. The van der Waals surface area contributed by atoms with Crippen LogP contribution in [0.4, 0.5) is 5.69 Å². The highest BCUT2D eigenvalue weighted by Gasteiger charge is 2.10. The van der Waals surface area contributed by atoms with E-state index in [1.165, 1.54) is 24.4 Å². The smallest absolute Gasteiger partial charge is 0.278 e. The topological polar surface area (TPSA) is 114 Å². The number of rotatable bonds is 6. The van der Waals surface area contributed by atoms with Gasteiger partial charge in [-0.2, -0.15) is 5.10 Å². The normalized spacial score (nSPS) is 10.4. The standard InChI is InChI=1S/C17H16N4O4/c1-12-5-4-7-13(9-12)17(23)18-11-16(22)20-19-10-14-6-2-3-8-15(14)21(24)25/h2-10H,11H2,1H3,(H,18,23)(H,20,22)/b19-10-. The fraction of sp³-hybridized carbons (Fsp3) is 0.118. The molecule has 2 aromatic carbocycles. The summed E-state index contributed by atoms with van der Waals surface area (Å²) in [5.41, 5.74) is 3.74. The minimum atomic E-state index is -0.546. The summed E-state index contributed by atoms with van der Waals surface area (Å²) in [7, 11) is 0. The third kappa shape index (κ3) is 5.24. The predicted molar refractivity (Wildman–Crippen MR) is 92.3 cm³/mol. The summed E-state index contributed by atoms with van der Waals surface area (Å²) < 4.78 is 0. The van der Waals surface area contributed by atoms with Crippen molar-refractivity contribution in [2.75, 3.05) is 6.54 Å². The Balaban J connectivity index is 1.87. The first kappa shape index (κ1) is 17.8. The first-order chi connectivity index (χ1) is 12.0. The number of nitro benzene ring substituents is 1. The summed E-state index contributed by atoms with van der Waals surface area (Å²) in [6.07, 6.45) is 1.18. The van der Waals surface area contributed by atoms with Crippen LogP contribution >= 0.6 is 0 Å². The highest BCUT2D eigenvalue weighted by Crippen LogP contribution is 2.14. The number of carbonyl (C=O) groups excluding carboxylic acids is 2. The van der Waals surface area contributed by atoms with Gasteiger partial charge >= 0.3 is 0 Å². The molecule has 0 saturated carbocycles. The van der Waals surface area contributed by atoms with Crippen LogP contribution < -0.4 is 10.7 Å². The van der Waals surface area contributed by atoms with E-state index >= 15 is 0 Å². The van der Waals surface area contributed by atoms with Gasteiger partial charge in [0, 0.05) is 11.6 Å². The van der Waals surface area contributed by atoms with Crippen molar-refractivity contribution in [3.8, 4) is 0 Å². The molecule has 0 heterocycles. The molecule has 8 nitrogen and oxygen atoms in total. The first-order valence-electron chi connectivity index (χ1n) is 7.37. The van der Waals surface area contributed by atoms with Gasteiger partial charge in [-0.25, -0.2) is 5.43 Å². The van der Waals surface area contributed by atoms with Crippen LogP contribution in [-0.4, -0.2) is 29.5 Å². The molecule has 25 heavy (non-hydrogen) atoms. The van der Waals surface area contributed by atoms with Crippen LogP contribution in [0.3, 0.4) is 0 Å². The summed E-state index contributed by atoms with van der Waals surface area (Å²) in [6.45, 7) is 1.60. The number of carbonyl (C=O) groups is 2. The highest BCUT2D eigenvalue weighted by atomic mass is 16.6. The van der Waals surface area contributed by atoms with Gasteiger partial charge in [-0.05, 0) is 25.1 Å². The molecule has 0 aliphatic carbocycles. The van der Waals surface area contributed by atoms with Gasteiger partial charge in [-0.15, -0.1) is 0 Å². The molecule has 0 aliphatic heterocycles. The van der Waals surface area contributed by atoms with E-state index in [9.17, 15) is 19.7 Å². The first-order valence-corrected chi connectivity index (χ1v) is 7.37. The van der Waals surface area contributed by atoms with E-state index in [1.807, 2.05) is 13.0 Å². The molecule has 0 spiro atoms. The van der Waals surface area contributed by atoms with Crippen molar-refractivity contribution in [1.29, 1.82) is 0 Å². The average Bonchev–Trinajstić information content (AvgIpc) is 2.60. The zero-order valence-electron chi connectivity index (χ0n) is 13.4. The van der Waals surface area contributed by atoms with Crippen molar-refractivity contribution < 1.29 is 14.5 Å². The van der Waals surface area contributed by atoms with E-state index < -0.39 is 10.8 Å². The molecule has 8 heteroatoms. The third-order valence-electron chi connectivity index (χ3n) is 3.22. The van der Waals surface area contributed by atoms with Gasteiger partial charge < -0.3 is 5.32 Å². The van der Waals surface area contributed by atoms with Crippen LogP contribution in [0.15, 0.2) is 53.6 Å². The van der Waals surface area contributed by atoms with Crippen molar-refractivity contribution in [2.45, 2.75) is 6.92 Å². The molecule has 2 N–H and O–H groups in total. The van der Waals surface area contributed by atoms with E-state index in [0.717, 1.165) is 5.56 Å². The fourth-order valence-electron chi connectivity index (χ4n) is 2.03. The van der Waals surface area contributed by atoms with E-state index in [1.54, 1.807) is 24.3 Å². The van der Waals surface area contributed by atoms with E-state index in [4.69, 9.17) is 0 Å². The zero-order valence-corrected chi connectivity index (χ0v) is 13.4. The van der Waals surface area contributed by atoms with Crippen molar-refractivity contribution in [2.24, 2.45) is 5.10 Å². The second kappa shape index (κ2) is 8.34. The monoisotopic (exact) mass is 340 g/mol. The van der Waals surface area contributed by atoms with E-state index in [-0.39, 0.29) is 23.7 Å². The Morgan fingerprint density at radius 1 is 1.20 bits per heavy atom. The SMILES string of the molecule is Cc1cccc(C(=O)NCC(=O)N/N=C\c2ccccc2[N+](=O)[O-])c1. The van der Waals surface area contributed by atoms with Crippen LogP contribution in [0.1, 0.15) is 21.5 Å². The molecule has 0 radical (unpaired) electrons. The summed E-state index contributed by atoms with van der Waals surface area (Å²) in [4.78, 5) is 33.9. The summed E-state index contributed by atoms with van der Waals surface area (Å²) in [6, 6.07) is 13.0. The molecule has 2 rings (SSSR count). The van der Waals surface area contributed by atoms with Crippen LogP contribution in [0.25, 0.3) is 0 Å². The lowest BCUT2D eigenvalue weighted by molar-refractivity contribution is -0.385. The van der Waals surface area contributed by atoms with E-state index in [0.29, 0.717) is 5.56 Å². The van der Waals surface area contributed by atoms with Gasteiger partial charge in [0.2, 0.25) is 0 Å². The summed E-state index contributed by atoms with van der Waals surface area (Å²) in [5, 5.41) is 17.0. The van der Waals surface area contributed by atoms with E-state index in [2.05, 4.69) is 15.8 Å². The largest absolute Gasteiger partial charge is 0.343 e. The van der Waals surface area contributed by atoms with Gasteiger partial charge in [-0.1, -0.05) is 29.8 Å². The number of nitrogens with one attached hydrogen (secondary N) is 2. The van der Waals surface area contributed by atoms with Crippen molar-refractivity contribution in [3.05, 3.63) is 75.3 Å². The lowest BCUT2D eigenvalue weighted by Gasteiger charge is -2.05. The lowest BCUT2D eigenvalue weighted by atomic mass is 10.1. The number of nitrogens with zero attached hydrogens (tertiary/aromatic N) is 2. The molecular weight excluding hydrogens is 324 g/mol. The van der Waals surface area contributed by atoms with Crippen molar-refractivity contribution in [1.82, 2.24) is 10.7 Å². The number of benzene rings is 2. The molecule has 0 unspecified atom stereocenters. The number of hydrazone groups is 1. The van der Waals surface area contributed by atoms with Gasteiger partial charge in [0.25, 0.3) is 17.5 Å². The molecule has 0 bridgehead atoms. The second-order valence-electron chi connectivity index (χ2n) is 5.16. The summed E-state index contributed by atoms with van der Waals surface area (Å²) in [5.74, 6) is -0.919. The number of hydrogen-bond donors (Lipinski definition) is 2. The molecule has 0 fully saturated rings. The maximum atomic E-state index is 11.9.